The molecule has 0 atom stereocenters. The Labute approximate surface area is 97.0 Å². The van der Waals surface area contributed by atoms with E-state index in [4.69, 9.17) is 5.73 Å². The molecule has 0 bridgehead atoms. The standard InChI is InChI=1S/C13H20N2O/c1-12(2,14)10-6-5-7-11(8-10)13(3,4)15-9-16/h5-9H,14H2,1-4H3,(H,15,16). The molecule has 1 amide bonds. The van der Waals surface area contributed by atoms with Crippen LogP contribution >= 0.6 is 0 Å². The highest BCUT2D eigenvalue weighted by molar-refractivity contribution is 5.49. The molecule has 0 spiro atoms. The van der Waals surface area contributed by atoms with Crippen LogP contribution in [-0.2, 0) is 15.9 Å². The summed E-state index contributed by atoms with van der Waals surface area (Å²) in [6.45, 7) is 7.85. The third kappa shape index (κ3) is 2.83. The predicted octanol–water partition coefficient (Wildman–Crippen LogP) is 1.86. The number of hydrogen-bond donors (Lipinski definition) is 2. The molecule has 88 valence electrons. The maximum atomic E-state index is 10.5. The first-order valence-corrected chi connectivity index (χ1v) is 5.38. The molecule has 0 unspecified atom stereocenters. The van der Waals surface area contributed by atoms with Crippen molar-refractivity contribution in [2.24, 2.45) is 5.73 Å². The Morgan fingerprint density at radius 1 is 1.19 bits per heavy atom. The van der Waals surface area contributed by atoms with E-state index in [1.807, 2.05) is 52.0 Å². The van der Waals surface area contributed by atoms with Crippen molar-refractivity contribution < 1.29 is 4.79 Å². The van der Waals surface area contributed by atoms with Crippen LogP contribution in [0, 0.1) is 0 Å². The van der Waals surface area contributed by atoms with Gasteiger partial charge in [0.05, 0.1) is 5.54 Å². The Morgan fingerprint density at radius 2 is 1.75 bits per heavy atom. The molecule has 1 aromatic carbocycles. The first-order valence-electron chi connectivity index (χ1n) is 5.38. The summed E-state index contributed by atoms with van der Waals surface area (Å²) in [5, 5.41) is 2.80. The van der Waals surface area contributed by atoms with Gasteiger partial charge in [-0.3, -0.25) is 4.79 Å². The number of hydrogen-bond acceptors (Lipinski definition) is 2. The van der Waals surface area contributed by atoms with Gasteiger partial charge in [0.15, 0.2) is 0 Å². The van der Waals surface area contributed by atoms with Gasteiger partial charge < -0.3 is 11.1 Å². The summed E-state index contributed by atoms with van der Waals surface area (Å²) in [5.74, 6) is 0. The number of amides is 1. The van der Waals surface area contributed by atoms with Crippen LogP contribution in [0.5, 0.6) is 0 Å². The van der Waals surface area contributed by atoms with Gasteiger partial charge in [-0.2, -0.15) is 0 Å². The number of benzene rings is 1. The highest BCUT2D eigenvalue weighted by Gasteiger charge is 2.21. The average Bonchev–Trinajstić information content (AvgIpc) is 2.16. The smallest absolute Gasteiger partial charge is 0.207 e. The topological polar surface area (TPSA) is 55.1 Å². The molecule has 0 radical (unpaired) electrons. The van der Waals surface area contributed by atoms with E-state index < -0.39 is 0 Å². The minimum atomic E-state index is -0.372. The van der Waals surface area contributed by atoms with E-state index in [1.165, 1.54) is 0 Å². The van der Waals surface area contributed by atoms with Crippen molar-refractivity contribution in [3.63, 3.8) is 0 Å². The predicted molar refractivity (Wildman–Crippen MR) is 65.9 cm³/mol. The fourth-order valence-electron chi connectivity index (χ4n) is 1.54. The highest BCUT2D eigenvalue weighted by Crippen LogP contribution is 2.24. The zero-order valence-electron chi connectivity index (χ0n) is 10.4. The molecule has 0 fully saturated rings. The van der Waals surface area contributed by atoms with Crippen molar-refractivity contribution in [3.8, 4) is 0 Å². The largest absolute Gasteiger partial charge is 0.350 e. The van der Waals surface area contributed by atoms with Crippen LogP contribution in [-0.4, -0.2) is 6.41 Å². The van der Waals surface area contributed by atoms with E-state index in [1.54, 1.807) is 0 Å². The van der Waals surface area contributed by atoms with Gasteiger partial charge in [0.2, 0.25) is 6.41 Å². The van der Waals surface area contributed by atoms with Gasteiger partial charge in [-0.25, -0.2) is 0 Å². The van der Waals surface area contributed by atoms with Crippen LogP contribution in [0.1, 0.15) is 38.8 Å². The summed E-state index contributed by atoms with van der Waals surface area (Å²) in [5.41, 5.74) is 7.43. The van der Waals surface area contributed by atoms with E-state index >= 15 is 0 Å². The van der Waals surface area contributed by atoms with E-state index in [9.17, 15) is 4.79 Å². The molecule has 0 saturated carbocycles. The quantitative estimate of drug-likeness (QED) is 0.761. The van der Waals surface area contributed by atoms with Crippen molar-refractivity contribution in [2.45, 2.75) is 38.8 Å². The Balaban J connectivity index is 3.12. The molecule has 0 heterocycles. The van der Waals surface area contributed by atoms with Crippen molar-refractivity contribution >= 4 is 6.41 Å². The van der Waals surface area contributed by atoms with Crippen LogP contribution in [0.4, 0.5) is 0 Å². The first kappa shape index (κ1) is 12.7. The lowest BCUT2D eigenvalue weighted by Crippen LogP contribution is -2.36. The highest BCUT2D eigenvalue weighted by atomic mass is 16.1. The van der Waals surface area contributed by atoms with Crippen molar-refractivity contribution in [3.05, 3.63) is 35.4 Å². The van der Waals surface area contributed by atoms with Gasteiger partial charge in [0, 0.05) is 5.54 Å². The minimum Gasteiger partial charge on any atom is -0.350 e. The van der Waals surface area contributed by atoms with Crippen molar-refractivity contribution in [1.82, 2.24) is 5.32 Å². The summed E-state index contributed by atoms with van der Waals surface area (Å²) in [6.07, 6.45) is 0.722. The van der Waals surface area contributed by atoms with E-state index in [-0.39, 0.29) is 11.1 Å². The Hall–Kier alpha value is -1.35. The third-order valence-electron chi connectivity index (χ3n) is 2.75. The molecule has 3 heteroatoms. The third-order valence-corrected chi connectivity index (χ3v) is 2.75. The second-order valence-corrected chi connectivity index (χ2v) is 5.19. The van der Waals surface area contributed by atoms with E-state index in [2.05, 4.69) is 5.32 Å². The second kappa shape index (κ2) is 4.26. The number of carbonyl (C=O) groups is 1. The first-order chi connectivity index (χ1) is 7.27. The van der Waals surface area contributed by atoms with E-state index in [0.717, 1.165) is 17.5 Å². The summed E-state index contributed by atoms with van der Waals surface area (Å²) >= 11 is 0. The Kier molecular flexibility index (Phi) is 3.38. The molecule has 16 heavy (non-hydrogen) atoms. The van der Waals surface area contributed by atoms with Gasteiger partial charge in [0.1, 0.15) is 0 Å². The average molecular weight is 220 g/mol. The molecule has 3 N–H and O–H groups in total. The minimum absolute atomic E-state index is 0.368. The second-order valence-electron chi connectivity index (χ2n) is 5.19. The SMILES string of the molecule is CC(C)(N)c1cccc(C(C)(C)NC=O)c1. The van der Waals surface area contributed by atoms with Gasteiger partial charge >= 0.3 is 0 Å². The molecule has 0 aliphatic heterocycles. The van der Waals surface area contributed by atoms with Crippen LogP contribution in [0.2, 0.25) is 0 Å². The molecule has 0 aliphatic rings. The normalized spacial score (nSPS) is 12.3. The summed E-state index contributed by atoms with van der Waals surface area (Å²) in [7, 11) is 0. The molecular formula is C13H20N2O. The molecule has 3 nitrogen and oxygen atoms in total. The fourth-order valence-corrected chi connectivity index (χ4v) is 1.54. The van der Waals surface area contributed by atoms with Gasteiger partial charge in [0.25, 0.3) is 0 Å². The summed E-state index contributed by atoms with van der Waals surface area (Å²) in [6, 6.07) is 8.00. The maximum Gasteiger partial charge on any atom is 0.207 e. The zero-order valence-corrected chi connectivity index (χ0v) is 10.4. The van der Waals surface area contributed by atoms with E-state index in [0.29, 0.717) is 0 Å². The number of nitrogens with one attached hydrogen (secondary N) is 1. The zero-order chi connectivity index (χ0) is 12.4. The number of carbonyl (C=O) groups excluding carboxylic acids is 1. The molecule has 1 aromatic rings. The number of rotatable bonds is 4. The van der Waals surface area contributed by atoms with Crippen molar-refractivity contribution in [2.75, 3.05) is 0 Å². The van der Waals surface area contributed by atoms with Gasteiger partial charge in [-0.1, -0.05) is 24.3 Å². The van der Waals surface area contributed by atoms with Crippen molar-refractivity contribution in [1.29, 1.82) is 0 Å². The van der Waals surface area contributed by atoms with Crippen LogP contribution in [0.25, 0.3) is 0 Å². The summed E-state index contributed by atoms with van der Waals surface area (Å²) in [4.78, 5) is 10.5. The number of nitrogens with two attached hydrogens (primary N) is 1. The molecule has 0 saturated heterocycles. The van der Waals surface area contributed by atoms with Gasteiger partial charge in [-0.05, 0) is 38.8 Å². The lowest BCUT2D eigenvalue weighted by atomic mass is 9.88. The summed E-state index contributed by atoms with van der Waals surface area (Å²) < 4.78 is 0. The molecule has 0 aromatic heterocycles. The fraction of sp³-hybridized carbons (Fsp3) is 0.462. The molecule has 1 rings (SSSR count). The van der Waals surface area contributed by atoms with Crippen LogP contribution in [0.15, 0.2) is 24.3 Å². The van der Waals surface area contributed by atoms with Crippen LogP contribution in [0.3, 0.4) is 0 Å². The molecular weight excluding hydrogens is 200 g/mol. The Morgan fingerprint density at radius 3 is 2.25 bits per heavy atom. The monoisotopic (exact) mass is 220 g/mol. The van der Waals surface area contributed by atoms with Gasteiger partial charge in [-0.15, -0.1) is 0 Å². The Bertz CT molecular complexity index is 378. The molecule has 0 aliphatic carbocycles. The lowest BCUT2D eigenvalue weighted by Gasteiger charge is -2.27. The maximum absolute atomic E-state index is 10.5. The lowest BCUT2D eigenvalue weighted by molar-refractivity contribution is -0.111. The van der Waals surface area contributed by atoms with Crippen LogP contribution < -0.4 is 11.1 Å².